The number of azo groups is 2. The standard InChI is InChI=1S/C50H38Cl2N18O20S6/c1-23-41(43(71)69(67-23)30-6-10-32(11-7-30)91(73,74)75)65-63-36-20-26(4-15-38(36)94(82,83)84)53-47-57-45(51)59-49(61-47)55-28-3-14-35(40(22-28)96(88,89)90)25-17-29(19-34(18-25)93(79,80)81)56-50-60-46(52)58-48(62-50)54-27-5-16-39(95(85,86)87)37(21-27)64-66-42-24(2)68-70(44(42)72)31-8-12-33(13-9-31)92(76,77)78/h3-22,71-72H,1-2H3,(H,73,74,75)(H,76,77,78)(H,79,80,81)(H,82,83,84)(H,85,86,87)(H,88,89,90)(H2,53,55,57,59,61)(H2,54,56,58,60,62)/b65-63+,66-64+. The molecule has 0 saturated heterocycles. The van der Waals surface area contributed by atoms with Crippen molar-refractivity contribution in [1.29, 1.82) is 0 Å². The quantitative estimate of drug-likeness (QED) is 0.0236. The van der Waals surface area contributed by atoms with Gasteiger partial charge in [-0.1, -0.05) is 6.07 Å². The molecule has 0 unspecified atom stereocenters. The zero-order valence-corrected chi connectivity index (χ0v) is 53.9. The number of hydrogen-bond donors (Lipinski definition) is 12. The van der Waals surface area contributed by atoms with Crippen LogP contribution in [-0.2, 0) is 60.7 Å². The highest BCUT2D eigenvalue weighted by Gasteiger charge is 2.26. The molecule has 0 spiro atoms. The molecule has 4 aromatic heterocycles. The zero-order valence-electron chi connectivity index (χ0n) is 47.5. The van der Waals surface area contributed by atoms with Crippen LogP contribution in [0.3, 0.4) is 0 Å². The third-order valence-corrected chi connectivity index (χ3v) is 18.4. The van der Waals surface area contributed by atoms with Crippen LogP contribution in [-0.4, -0.2) is 138 Å². The van der Waals surface area contributed by atoms with Crippen molar-refractivity contribution >= 4 is 153 Å². The summed E-state index contributed by atoms with van der Waals surface area (Å²) >= 11 is 12.5. The summed E-state index contributed by atoms with van der Waals surface area (Å²) in [6.07, 6.45) is 0. The van der Waals surface area contributed by atoms with Gasteiger partial charge in [0, 0.05) is 28.3 Å². The number of rotatable bonds is 21. The summed E-state index contributed by atoms with van der Waals surface area (Å²) in [4.78, 5) is 20.1. The lowest BCUT2D eigenvalue weighted by Gasteiger charge is -2.14. The maximum Gasteiger partial charge on any atom is 0.296 e. The molecule has 0 saturated carbocycles. The second kappa shape index (κ2) is 25.8. The van der Waals surface area contributed by atoms with Crippen LogP contribution in [0.4, 0.5) is 69.3 Å². The smallest absolute Gasteiger partial charge is 0.296 e. The van der Waals surface area contributed by atoms with E-state index in [9.17, 15) is 88.0 Å². The molecule has 0 aliphatic carbocycles. The molecule has 0 aliphatic rings. The average Bonchev–Trinajstić information content (AvgIpc) is 0.878. The largest absolute Gasteiger partial charge is 0.492 e. The van der Waals surface area contributed by atoms with Gasteiger partial charge in [0.1, 0.15) is 26.1 Å². The molecule has 96 heavy (non-hydrogen) atoms. The van der Waals surface area contributed by atoms with Crippen LogP contribution >= 0.6 is 23.2 Å². The van der Waals surface area contributed by atoms with Crippen molar-refractivity contribution in [2.75, 3.05) is 21.3 Å². The van der Waals surface area contributed by atoms with Gasteiger partial charge in [-0.2, -0.15) is 100.0 Å². The molecular formula is C50H38Cl2N18O20S6. The van der Waals surface area contributed by atoms with Crippen LogP contribution in [0.15, 0.2) is 171 Å². The van der Waals surface area contributed by atoms with E-state index in [0.29, 0.717) is 0 Å². The van der Waals surface area contributed by atoms with Crippen LogP contribution in [0, 0.1) is 13.8 Å². The fraction of sp³-hybridized carbons (Fsp3) is 0.0400. The van der Waals surface area contributed by atoms with Crippen molar-refractivity contribution in [3.8, 4) is 34.3 Å². The van der Waals surface area contributed by atoms with E-state index < -0.39 is 142 Å². The molecule has 0 radical (unpaired) electrons. The first-order valence-corrected chi connectivity index (χ1v) is 35.1. The monoisotopic (exact) mass is 1470 g/mol. The SMILES string of the molecule is Cc1nn(-c2ccc(S(=O)(=O)O)cc2)c(O)c1/N=N/c1cc(Nc2nc(Cl)nc(Nc3cc(-c4ccc(Nc5nc(Cl)nc(Nc6ccc(S(=O)(=O)O)c(/N=N/c7c(C)nn(-c8ccc(S(=O)(=O)O)cc8)c7O)c6)n5)cc4S(=O)(=O)O)cc(S(=O)(=O)O)c3)n2)ccc1S(=O)(=O)O. The molecular weight excluding hydrogens is 1440 g/mol. The number of aromatic hydroxyl groups is 2. The van der Waals surface area contributed by atoms with Gasteiger partial charge < -0.3 is 31.5 Å². The minimum Gasteiger partial charge on any atom is -0.492 e. The van der Waals surface area contributed by atoms with Gasteiger partial charge in [-0.15, -0.1) is 20.5 Å². The van der Waals surface area contributed by atoms with E-state index in [-0.39, 0.29) is 74.0 Å². The third-order valence-electron chi connectivity index (χ3n) is 12.8. The summed E-state index contributed by atoms with van der Waals surface area (Å²) in [7, 11) is -29.5. The highest BCUT2D eigenvalue weighted by atomic mass is 35.5. The Kier molecular flexibility index (Phi) is 18.5. The Balaban J connectivity index is 0.895. The lowest BCUT2D eigenvalue weighted by Crippen LogP contribution is -2.07. The minimum absolute atomic E-state index is 0.0306. The summed E-state index contributed by atoms with van der Waals surface area (Å²) in [6.45, 7) is 2.78. The van der Waals surface area contributed by atoms with E-state index in [0.717, 1.165) is 100 Å². The maximum absolute atomic E-state index is 13.1. The first kappa shape index (κ1) is 68.7. The fourth-order valence-corrected chi connectivity index (χ4v) is 12.4. The summed E-state index contributed by atoms with van der Waals surface area (Å²) in [5, 5.41) is 55.7. The zero-order chi connectivity index (χ0) is 69.8. The van der Waals surface area contributed by atoms with Gasteiger partial charge in [-0.3, -0.25) is 27.3 Å². The van der Waals surface area contributed by atoms with Crippen LogP contribution < -0.4 is 21.3 Å². The lowest BCUT2D eigenvalue weighted by molar-refractivity contribution is 0.434. The van der Waals surface area contributed by atoms with E-state index in [1.54, 1.807) is 0 Å². The molecule has 498 valence electrons. The van der Waals surface area contributed by atoms with E-state index in [1.807, 2.05) is 0 Å². The molecule has 4 heterocycles. The molecule has 12 N–H and O–H groups in total. The van der Waals surface area contributed by atoms with Gasteiger partial charge in [0.25, 0.3) is 60.7 Å². The van der Waals surface area contributed by atoms with E-state index in [2.05, 4.69) is 81.8 Å². The second-order valence-electron chi connectivity index (χ2n) is 19.4. The third kappa shape index (κ3) is 15.8. The summed E-state index contributed by atoms with van der Waals surface area (Å²) in [5.41, 5.74) is -2.58. The van der Waals surface area contributed by atoms with Crippen molar-refractivity contribution in [2.24, 2.45) is 20.5 Å². The molecule has 38 nitrogen and oxygen atoms in total. The summed E-state index contributed by atoms with van der Waals surface area (Å²) < 4.78 is 209. The average molecular weight is 1470 g/mol. The molecule has 10 rings (SSSR count). The lowest BCUT2D eigenvalue weighted by atomic mass is 10.0. The number of nitrogens with one attached hydrogen (secondary N) is 4. The van der Waals surface area contributed by atoms with Crippen molar-refractivity contribution in [3.63, 3.8) is 0 Å². The summed E-state index contributed by atoms with van der Waals surface area (Å²) in [5.74, 6) is -2.89. The van der Waals surface area contributed by atoms with Crippen LogP contribution in [0.25, 0.3) is 22.5 Å². The van der Waals surface area contributed by atoms with E-state index in [1.165, 1.54) is 44.2 Å². The van der Waals surface area contributed by atoms with Crippen LogP contribution in [0.2, 0.25) is 10.6 Å². The Morgan fingerprint density at radius 3 is 1.09 bits per heavy atom. The number of hydrogen-bond acceptors (Lipinski definition) is 30. The van der Waals surface area contributed by atoms with Gasteiger partial charge in [-0.25, -0.2) is 0 Å². The molecule has 10 aromatic rings. The maximum atomic E-state index is 13.1. The second-order valence-corrected chi connectivity index (χ2v) is 28.5. The van der Waals surface area contributed by atoms with Crippen molar-refractivity contribution in [2.45, 2.75) is 43.2 Å². The van der Waals surface area contributed by atoms with Gasteiger partial charge in [-0.05, 0) is 158 Å². The molecule has 46 heteroatoms. The Morgan fingerprint density at radius 2 is 0.729 bits per heavy atom. The van der Waals surface area contributed by atoms with Gasteiger partial charge in [0.05, 0.1) is 37.4 Å². The predicted octanol–water partition coefficient (Wildman–Crippen LogP) is 8.72. The number of anilines is 8. The highest BCUT2D eigenvalue weighted by Crippen LogP contribution is 2.40. The van der Waals surface area contributed by atoms with Gasteiger partial charge >= 0.3 is 0 Å². The van der Waals surface area contributed by atoms with Crippen molar-refractivity contribution < 1.29 is 88.0 Å². The van der Waals surface area contributed by atoms with Gasteiger partial charge in [0.2, 0.25) is 46.1 Å². The minimum atomic E-state index is -5.27. The Hall–Kier alpha value is -10.2. The van der Waals surface area contributed by atoms with E-state index >= 15 is 0 Å². The van der Waals surface area contributed by atoms with Crippen LogP contribution in [0.1, 0.15) is 11.4 Å². The molecule has 0 aliphatic heterocycles. The molecule has 0 bridgehead atoms. The topological polar surface area (TPSA) is 577 Å². The highest BCUT2D eigenvalue weighted by molar-refractivity contribution is 7.87. The Morgan fingerprint density at radius 1 is 0.375 bits per heavy atom. The normalized spacial score (nSPS) is 12.6. The van der Waals surface area contributed by atoms with E-state index in [4.69, 9.17) is 23.2 Å². The number of halogens is 2. The summed E-state index contributed by atoms with van der Waals surface area (Å²) in [6, 6.07) is 21.2. The predicted molar refractivity (Wildman–Crippen MR) is 335 cm³/mol. The number of nitrogens with zero attached hydrogens (tertiary/aromatic N) is 14. The number of aryl methyl sites for hydroxylation is 2. The van der Waals surface area contributed by atoms with Gasteiger partial charge in [0.15, 0.2) is 11.4 Å². The number of benzene rings is 6. The first-order valence-electron chi connectivity index (χ1n) is 25.7. The number of aromatic nitrogens is 10. The van der Waals surface area contributed by atoms with Crippen molar-refractivity contribution in [3.05, 3.63) is 143 Å². The molecule has 0 atom stereocenters. The fourth-order valence-electron chi connectivity index (χ4n) is 8.58. The molecule has 0 amide bonds. The molecule has 6 aromatic carbocycles. The van der Waals surface area contributed by atoms with Crippen molar-refractivity contribution in [1.82, 2.24) is 49.5 Å². The Bertz CT molecular complexity index is 5640. The molecule has 0 fully saturated rings. The Labute approximate surface area is 549 Å². The first-order chi connectivity index (χ1) is 44.7. The van der Waals surface area contributed by atoms with Crippen LogP contribution in [0.5, 0.6) is 11.8 Å².